The van der Waals surface area contributed by atoms with Crippen molar-refractivity contribution in [2.45, 2.75) is 52.4 Å². The van der Waals surface area contributed by atoms with E-state index in [4.69, 9.17) is 4.42 Å². The summed E-state index contributed by atoms with van der Waals surface area (Å²) < 4.78 is 6.94. The van der Waals surface area contributed by atoms with E-state index in [-0.39, 0.29) is 10.8 Å². The fourth-order valence-electron chi connectivity index (χ4n) is 11.3. The van der Waals surface area contributed by atoms with Gasteiger partial charge in [0.05, 0.1) is 11.4 Å². The second-order valence-corrected chi connectivity index (χ2v) is 23.1. The number of nitrogens with zero attached hydrogens (tertiary/aromatic N) is 2. The number of hydrogen-bond donors (Lipinski definition) is 0. The number of rotatable bonds is 10. The van der Waals surface area contributed by atoms with Crippen molar-refractivity contribution in [1.29, 1.82) is 0 Å². The van der Waals surface area contributed by atoms with Gasteiger partial charge < -0.3 is 14.2 Å². The molecule has 3 nitrogen and oxygen atoms in total. The summed E-state index contributed by atoms with van der Waals surface area (Å²) in [4.78, 5) is 4.83. The van der Waals surface area contributed by atoms with Gasteiger partial charge in [0.15, 0.2) is 0 Å². The Morgan fingerprint density at radius 2 is 0.595 bits per heavy atom. The highest BCUT2D eigenvalue weighted by atomic mass is 16.3. The van der Waals surface area contributed by atoms with Crippen molar-refractivity contribution in [1.82, 2.24) is 0 Å². The lowest BCUT2D eigenvalue weighted by molar-refractivity contribution is 0.590. The van der Waals surface area contributed by atoms with Crippen LogP contribution in [-0.2, 0) is 10.8 Å². The van der Waals surface area contributed by atoms with Crippen molar-refractivity contribution in [3.05, 3.63) is 278 Å². The number of fused-ring (bicyclic) bond motifs is 5. The third-order valence-electron chi connectivity index (χ3n) is 15.7. The van der Waals surface area contributed by atoms with Crippen LogP contribution >= 0.6 is 0 Å². The van der Waals surface area contributed by atoms with Gasteiger partial charge in [0.2, 0.25) is 0 Å². The molecule has 13 aromatic rings. The second kappa shape index (κ2) is 19.8. The molecular weight excluding hydrogens is 957 g/mol. The fourth-order valence-corrected chi connectivity index (χ4v) is 11.3. The van der Waals surface area contributed by atoms with Crippen molar-refractivity contribution in [2.24, 2.45) is 0 Å². The molecule has 3 heteroatoms. The Bertz CT molecular complexity index is 4060. The molecule has 1 aromatic heterocycles. The Morgan fingerprint density at radius 3 is 0.949 bits per heavy atom. The summed E-state index contributed by atoms with van der Waals surface area (Å²) in [5, 5.41) is 6.72. The van der Waals surface area contributed by atoms with Gasteiger partial charge in [-0.2, -0.15) is 0 Å². The van der Waals surface area contributed by atoms with Crippen LogP contribution in [0.15, 0.2) is 271 Å². The van der Waals surface area contributed by atoms with Crippen LogP contribution in [0, 0.1) is 0 Å². The largest absolute Gasteiger partial charge is 0.456 e. The van der Waals surface area contributed by atoms with Crippen molar-refractivity contribution < 1.29 is 4.42 Å². The van der Waals surface area contributed by atoms with Crippen LogP contribution in [-0.4, -0.2) is 0 Å². The Kier molecular flexibility index (Phi) is 12.4. The van der Waals surface area contributed by atoms with E-state index >= 15 is 0 Å². The minimum atomic E-state index is -0.0268. The lowest BCUT2D eigenvalue weighted by Crippen LogP contribution is -2.14. The summed E-state index contributed by atoms with van der Waals surface area (Å²) in [5.74, 6) is 0. The predicted molar refractivity (Wildman–Crippen MR) is 337 cm³/mol. The predicted octanol–water partition coefficient (Wildman–Crippen LogP) is 22.1. The summed E-state index contributed by atoms with van der Waals surface area (Å²) in [6.07, 6.45) is 0. The van der Waals surface area contributed by atoms with Gasteiger partial charge in [0.25, 0.3) is 0 Å². The topological polar surface area (TPSA) is 19.6 Å². The molecule has 12 aromatic carbocycles. The average Bonchev–Trinajstić information content (AvgIpc) is 4.11. The molecule has 0 atom stereocenters. The minimum Gasteiger partial charge on any atom is -0.456 e. The molecule has 382 valence electrons. The van der Waals surface area contributed by atoms with Gasteiger partial charge in [-0.15, -0.1) is 0 Å². The van der Waals surface area contributed by atoms with E-state index in [0.717, 1.165) is 77.6 Å². The molecule has 0 aliphatic heterocycles. The Labute approximate surface area is 464 Å². The van der Waals surface area contributed by atoms with Gasteiger partial charge in [-0.3, -0.25) is 0 Å². The minimum absolute atomic E-state index is 0.0268. The SMILES string of the molecule is CC(C)(C)c1ccc(N(c2ccc(-c3ccccc3)cc2)c2ccc3cc4c(cc3c2)oc2cc3cc(N(c5ccc(-c6ccccc6)cc5)c5ccc(C(C)(C)C)cc5-c5ccccc5)ccc3cc24)c(-c2ccccc2)c1. The van der Waals surface area contributed by atoms with E-state index in [2.05, 4.69) is 318 Å². The summed E-state index contributed by atoms with van der Waals surface area (Å²) in [6.45, 7) is 13.7. The molecule has 0 saturated heterocycles. The van der Waals surface area contributed by atoms with E-state index in [1.807, 2.05) is 0 Å². The normalized spacial score (nSPS) is 11.9. The maximum absolute atomic E-state index is 6.94. The summed E-state index contributed by atoms with van der Waals surface area (Å²) in [5.41, 5.74) is 20.2. The molecule has 79 heavy (non-hydrogen) atoms. The van der Waals surface area contributed by atoms with Gasteiger partial charge in [-0.1, -0.05) is 211 Å². The monoisotopic (exact) mass is 1020 g/mol. The molecule has 0 bridgehead atoms. The zero-order valence-electron chi connectivity index (χ0n) is 45.7. The molecular formula is C76H62N2O. The molecule has 13 rings (SSSR count). The molecule has 0 N–H and O–H groups in total. The zero-order chi connectivity index (χ0) is 53.8. The highest BCUT2D eigenvalue weighted by molar-refractivity contribution is 6.14. The van der Waals surface area contributed by atoms with Crippen molar-refractivity contribution in [3.8, 4) is 44.5 Å². The van der Waals surface area contributed by atoms with E-state index in [1.54, 1.807) is 0 Å². The van der Waals surface area contributed by atoms with Gasteiger partial charge in [0.1, 0.15) is 11.2 Å². The average molecular weight is 1020 g/mol. The summed E-state index contributed by atoms with van der Waals surface area (Å²) in [6, 6.07) is 97.6. The van der Waals surface area contributed by atoms with Crippen LogP contribution in [0.25, 0.3) is 88.0 Å². The smallest absolute Gasteiger partial charge is 0.136 e. The van der Waals surface area contributed by atoms with Crippen molar-refractivity contribution in [2.75, 3.05) is 9.80 Å². The molecule has 0 radical (unpaired) electrons. The fraction of sp³-hybridized carbons (Fsp3) is 0.105. The van der Waals surface area contributed by atoms with Crippen LogP contribution in [0.1, 0.15) is 52.7 Å². The van der Waals surface area contributed by atoms with E-state index in [9.17, 15) is 0 Å². The first-order valence-corrected chi connectivity index (χ1v) is 27.5. The van der Waals surface area contributed by atoms with E-state index in [0.29, 0.717) is 0 Å². The first-order chi connectivity index (χ1) is 38.4. The Balaban J connectivity index is 0.933. The number of anilines is 6. The molecule has 0 unspecified atom stereocenters. The van der Waals surface area contributed by atoms with Crippen LogP contribution in [0.3, 0.4) is 0 Å². The van der Waals surface area contributed by atoms with Gasteiger partial charge in [-0.25, -0.2) is 0 Å². The highest BCUT2D eigenvalue weighted by Gasteiger charge is 2.25. The van der Waals surface area contributed by atoms with Crippen molar-refractivity contribution in [3.63, 3.8) is 0 Å². The molecule has 0 saturated carbocycles. The third-order valence-corrected chi connectivity index (χ3v) is 15.7. The molecule has 0 amide bonds. The third kappa shape index (κ3) is 9.53. The highest BCUT2D eigenvalue weighted by Crippen LogP contribution is 2.47. The van der Waals surface area contributed by atoms with E-state index < -0.39 is 0 Å². The lowest BCUT2D eigenvalue weighted by atomic mass is 9.84. The van der Waals surface area contributed by atoms with Gasteiger partial charge in [0, 0.05) is 44.6 Å². The Hall–Kier alpha value is -9.44. The molecule has 0 fully saturated rings. The molecule has 0 aliphatic rings. The van der Waals surface area contributed by atoms with Crippen LogP contribution in [0.4, 0.5) is 34.1 Å². The summed E-state index contributed by atoms with van der Waals surface area (Å²) in [7, 11) is 0. The van der Waals surface area contributed by atoms with Crippen LogP contribution < -0.4 is 9.80 Å². The van der Waals surface area contributed by atoms with Gasteiger partial charge >= 0.3 is 0 Å². The Morgan fingerprint density at radius 1 is 0.266 bits per heavy atom. The van der Waals surface area contributed by atoms with E-state index in [1.165, 1.54) is 55.6 Å². The number of hydrogen-bond acceptors (Lipinski definition) is 3. The molecule has 0 aliphatic carbocycles. The molecule has 0 spiro atoms. The second-order valence-electron chi connectivity index (χ2n) is 23.1. The van der Waals surface area contributed by atoms with Crippen molar-refractivity contribution >= 4 is 77.6 Å². The standard InChI is InChI=1S/C76H62N2O/c1-75(2,3)61-33-41-71(67(49-61)55-23-15-9-16-24-55)77(63-35-27-53(28-36-63)51-19-11-7-12-20-51)65-39-31-57-45-69-70-46-58-32-40-66(44-60(58)48-74(70)79-73(69)47-59(57)43-65)78(64-37-29-54(30-38-64)52-21-13-8-14-22-52)72-42-34-62(76(4,5)6)50-68(72)56-25-17-10-18-26-56/h7-50H,1-6H3. The zero-order valence-corrected chi connectivity index (χ0v) is 45.7. The van der Waals surface area contributed by atoms with Crippen LogP contribution in [0.2, 0.25) is 0 Å². The summed E-state index contributed by atoms with van der Waals surface area (Å²) >= 11 is 0. The number of benzene rings is 12. The quantitative estimate of drug-likeness (QED) is 0.136. The van der Waals surface area contributed by atoms with Crippen LogP contribution in [0.5, 0.6) is 0 Å². The maximum atomic E-state index is 6.94. The maximum Gasteiger partial charge on any atom is 0.136 e. The first-order valence-electron chi connectivity index (χ1n) is 27.5. The molecule has 1 heterocycles. The number of furan rings is 1. The lowest BCUT2D eigenvalue weighted by Gasteiger charge is -2.30. The van der Waals surface area contributed by atoms with Gasteiger partial charge in [-0.05, 0) is 174 Å². The first kappa shape index (κ1) is 49.2.